The fourth-order valence-electron chi connectivity index (χ4n) is 5.79. The number of hydrogen-bond acceptors (Lipinski definition) is 7. The first kappa shape index (κ1) is 33.8. The van der Waals surface area contributed by atoms with Gasteiger partial charge in [0.2, 0.25) is 5.91 Å². The summed E-state index contributed by atoms with van der Waals surface area (Å²) < 4.78 is 17.0. The monoisotopic (exact) mass is 587 g/mol. The quantitative estimate of drug-likeness (QED) is 0.269. The molecule has 0 radical (unpaired) electrons. The van der Waals surface area contributed by atoms with Crippen LogP contribution in [0, 0.1) is 23.7 Å². The average Bonchev–Trinajstić information content (AvgIpc) is 3.75. The second kappa shape index (κ2) is 14.7. The molecule has 9 heteroatoms. The van der Waals surface area contributed by atoms with Gasteiger partial charge in [-0.1, -0.05) is 27.7 Å². The first-order valence-corrected chi connectivity index (χ1v) is 15.7. The van der Waals surface area contributed by atoms with Crippen LogP contribution in [-0.4, -0.2) is 72.7 Å². The Kier molecular flexibility index (Phi) is 11.8. The van der Waals surface area contributed by atoms with E-state index in [2.05, 4.69) is 32.7 Å². The van der Waals surface area contributed by atoms with Crippen molar-refractivity contribution in [1.29, 1.82) is 0 Å². The Morgan fingerprint density at radius 3 is 2.31 bits per heavy atom. The van der Waals surface area contributed by atoms with Gasteiger partial charge in [-0.2, -0.15) is 0 Å². The van der Waals surface area contributed by atoms with Crippen molar-refractivity contribution in [2.75, 3.05) is 38.3 Å². The van der Waals surface area contributed by atoms with Crippen molar-refractivity contribution < 1.29 is 28.6 Å². The number of amides is 2. The number of carbonyl (C=O) groups is 3. The third-order valence-electron chi connectivity index (χ3n) is 7.88. The standard InChI is InChI=1S/C33H53N3O6/c1-10-41-20-23(13-21(2)3)14-28(37)24-15-25(19-35(18-24)32(39)42-33(6,7)8)31(38)36(26-11-12-26)30-16-29(40-9)27(17-34-30)22(4)5/h16-17,21-26H,10-15,18-20H2,1-9H3/t23-,24-,25+/m0/s1. The van der Waals surface area contributed by atoms with Crippen molar-refractivity contribution >= 4 is 23.6 Å². The minimum absolute atomic E-state index is 0.0484. The van der Waals surface area contributed by atoms with Crippen molar-refractivity contribution in [3.8, 4) is 5.75 Å². The van der Waals surface area contributed by atoms with Gasteiger partial charge in [-0.3, -0.25) is 14.5 Å². The Labute approximate surface area is 252 Å². The van der Waals surface area contributed by atoms with Crippen LogP contribution >= 0.6 is 0 Å². The SMILES string of the molecule is CCOC[C@H](CC(=O)[C@H]1C[C@@H](C(=O)N(c2cc(OC)c(C(C)C)cn2)C2CC2)CN(C(=O)OC(C)(C)C)C1)CC(C)C. The molecule has 42 heavy (non-hydrogen) atoms. The van der Waals surface area contributed by atoms with E-state index in [9.17, 15) is 14.4 Å². The number of hydrogen-bond donors (Lipinski definition) is 0. The molecule has 1 aliphatic carbocycles. The minimum Gasteiger partial charge on any atom is -0.496 e. The second-order valence-corrected chi connectivity index (χ2v) is 13.7. The molecule has 0 N–H and O–H groups in total. The molecule has 1 aliphatic heterocycles. The van der Waals surface area contributed by atoms with Crippen LogP contribution in [-0.2, 0) is 19.1 Å². The highest BCUT2D eigenvalue weighted by Crippen LogP contribution is 2.38. The maximum atomic E-state index is 14.3. The molecule has 2 fully saturated rings. The molecule has 9 nitrogen and oxygen atoms in total. The summed E-state index contributed by atoms with van der Waals surface area (Å²) in [5, 5.41) is 0. The van der Waals surface area contributed by atoms with E-state index >= 15 is 0 Å². The number of ether oxygens (including phenoxy) is 3. The molecule has 2 aliphatic rings. The fourth-order valence-corrected chi connectivity index (χ4v) is 5.79. The van der Waals surface area contributed by atoms with Gasteiger partial charge >= 0.3 is 6.09 Å². The summed E-state index contributed by atoms with van der Waals surface area (Å²) >= 11 is 0. The van der Waals surface area contributed by atoms with Crippen LogP contribution in [0.1, 0.15) is 99.0 Å². The number of methoxy groups -OCH3 is 1. The van der Waals surface area contributed by atoms with Crippen molar-refractivity contribution in [3.05, 3.63) is 17.8 Å². The first-order chi connectivity index (χ1) is 19.7. The third-order valence-corrected chi connectivity index (χ3v) is 7.88. The average molecular weight is 588 g/mol. The number of Topliss-reactive ketones (excluding diaryl/α,β-unsaturated/α-hetero) is 1. The normalized spacial score (nSPS) is 20.0. The van der Waals surface area contributed by atoms with E-state index in [0.717, 1.165) is 24.8 Å². The molecule has 3 atom stereocenters. The lowest BCUT2D eigenvalue weighted by Crippen LogP contribution is -2.52. The molecule has 1 aromatic heterocycles. The topological polar surface area (TPSA) is 98.3 Å². The molecule has 3 rings (SSSR count). The van der Waals surface area contributed by atoms with E-state index in [1.165, 1.54) is 0 Å². The van der Waals surface area contributed by atoms with Gasteiger partial charge in [0, 0.05) is 62.5 Å². The highest BCUT2D eigenvalue weighted by Gasteiger charge is 2.44. The number of aromatic nitrogens is 1. The van der Waals surface area contributed by atoms with Crippen LogP contribution < -0.4 is 9.64 Å². The maximum absolute atomic E-state index is 14.3. The van der Waals surface area contributed by atoms with Crippen molar-refractivity contribution in [3.63, 3.8) is 0 Å². The maximum Gasteiger partial charge on any atom is 0.410 e. The molecule has 0 spiro atoms. The Balaban J connectivity index is 1.89. The predicted octanol–water partition coefficient (Wildman–Crippen LogP) is 6.24. The number of anilines is 1. The highest BCUT2D eigenvalue weighted by atomic mass is 16.6. The van der Waals surface area contributed by atoms with E-state index in [1.807, 2.05) is 33.8 Å². The summed E-state index contributed by atoms with van der Waals surface area (Å²) in [5.41, 5.74) is 0.290. The molecule has 2 amide bonds. The smallest absolute Gasteiger partial charge is 0.410 e. The van der Waals surface area contributed by atoms with Crippen LogP contribution in [0.3, 0.4) is 0 Å². The van der Waals surface area contributed by atoms with Crippen LogP contribution in [0.4, 0.5) is 10.6 Å². The summed E-state index contributed by atoms with van der Waals surface area (Å²) in [4.78, 5) is 49.3. The Morgan fingerprint density at radius 2 is 1.76 bits per heavy atom. The van der Waals surface area contributed by atoms with Gasteiger partial charge in [-0.25, -0.2) is 9.78 Å². The molecular weight excluding hydrogens is 534 g/mol. The van der Waals surface area contributed by atoms with Crippen LogP contribution in [0.25, 0.3) is 0 Å². The Hall–Kier alpha value is -2.68. The van der Waals surface area contributed by atoms with Gasteiger partial charge in [0.15, 0.2) is 0 Å². The van der Waals surface area contributed by atoms with E-state index in [0.29, 0.717) is 43.5 Å². The van der Waals surface area contributed by atoms with Gasteiger partial charge in [0.1, 0.15) is 23.0 Å². The lowest BCUT2D eigenvalue weighted by molar-refractivity contribution is -0.130. The van der Waals surface area contributed by atoms with E-state index in [4.69, 9.17) is 14.2 Å². The number of pyridine rings is 1. The number of rotatable bonds is 13. The molecule has 236 valence electrons. The van der Waals surface area contributed by atoms with Gasteiger partial charge < -0.3 is 19.1 Å². The van der Waals surface area contributed by atoms with Gasteiger partial charge in [0.25, 0.3) is 0 Å². The van der Waals surface area contributed by atoms with E-state index in [1.54, 1.807) is 23.1 Å². The van der Waals surface area contributed by atoms with E-state index < -0.39 is 23.5 Å². The van der Waals surface area contributed by atoms with Crippen LogP contribution in [0.15, 0.2) is 12.3 Å². The zero-order valence-electron chi connectivity index (χ0n) is 27.3. The molecule has 1 saturated carbocycles. The summed E-state index contributed by atoms with van der Waals surface area (Å²) in [5.74, 6) is 0.969. The molecule has 0 bridgehead atoms. The summed E-state index contributed by atoms with van der Waals surface area (Å²) in [6.07, 6.45) is 4.71. The fraction of sp³-hybridized carbons (Fsp3) is 0.758. The summed E-state index contributed by atoms with van der Waals surface area (Å²) in [6.45, 7) is 17.4. The number of likely N-dealkylation sites (tertiary alicyclic amines) is 1. The summed E-state index contributed by atoms with van der Waals surface area (Å²) in [6, 6.07) is 1.89. The predicted molar refractivity (Wildman–Crippen MR) is 164 cm³/mol. The molecule has 2 heterocycles. The summed E-state index contributed by atoms with van der Waals surface area (Å²) in [7, 11) is 1.63. The zero-order valence-corrected chi connectivity index (χ0v) is 27.3. The Morgan fingerprint density at radius 1 is 1.10 bits per heavy atom. The lowest BCUT2D eigenvalue weighted by Gasteiger charge is -2.39. The molecule has 0 unspecified atom stereocenters. The molecule has 0 aromatic carbocycles. The molecule has 1 aromatic rings. The lowest BCUT2D eigenvalue weighted by atomic mass is 9.81. The number of carbonyl (C=O) groups excluding carboxylic acids is 3. The Bertz CT molecular complexity index is 1080. The number of nitrogens with zero attached hydrogens (tertiary/aromatic N) is 3. The van der Waals surface area contributed by atoms with Crippen LogP contribution in [0.5, 0.6) is 5.75 Å². The van der Waals surface area contributed by atoms with Crippen molar-refractivity contribution in [2.24, 2.45) is 23.7 Å². The van der Waals surface area contributed by atoms with Crippen molar-refractivity contribution in [1.82, 2.24) is 9.88 Å². The highest BCUT2D eigenvalue weighted by molar-refractivity contribution is 5.96. The van der Waals surface area contributed by atoms with Gasteiger partial charge in [-0.15, -0.1) is 0 Å². The van der Waals surface area contributed by atoms with Gasteiger partial charge in [0.05, 0.1) is 13.0 Å². The van der Waals surface area contributed by atoms with E-state index in [-0.39, 0.29) is 42.7 Å². The first-order valence-electron chi connectivity index (χ1n) is 15.7. The molecular formula is C33H53N3O6. The number of piperidine rings is 1. The number of ketones is 1. The zero-order chi connectivity index (χ0) is 31.2. The second-order valence-electron chi connectivity index (χ2n) is 13.7. The van der Waals surface area contributed by atoms with Crippen LogP contribution in [0.2, 0.25) is 0 Å². The largest absolute Gasteiger partial charge is 0.496 e. The third kappa shape index (κ3) is 9.41. The van der Waals surface area contributed by atoms with Crippen molar-refractivity contribution in [2.45, 2.75) is 105 Å². The van der Waals surface area contributed by atoms with Gasteiger partial charge in [-0.05, 0) is 71.1 Å². The minimum atomic E-state index is -0.688. The molecule has 1 saturated heterocycles.